The van der Waals surface area contributed by atoms with Crippen molar-refractivity contribution in [3.05, 3.63) is 51.2 Å². The zero-order valence-corrected chi connectivity index (χ0v) is 14.1. The highest BCUT2D eigenvalue weighted by molar-refractivity contribution is 8.01. The highest BCUT2D eigenvalue weighted by Gasteiger charge is 2.28. The van der Waals surface area contributed by atoms with E-state index in [2.05, 4.69) is 10.9 Å². The molecule has 0 spiro atoms. The number of carbonyl (C=O) groups excluding carboxylic acids is 2. The highest BCUT2D eigenvalue weighted by Crippen LogP contribution is 2.36. The van der Waals surface area contributed by atoms with Crippen LogP contribution in [0.15, 0.2) is 35.2 Å². The second-order valence-electron chi connectivity index (χ2n) is 5.77. The summed E-state index contributed by atoms with van der Waals surface area (Å²) in [4.78, 5) is 27.5. The number of aryl methyl sites for hydroxylation is 2. The molecule has 4 rings (SSSR count). The fourth-order valence-corrected chi connectivity index (χ4v) is 5.37. The van der Waals surface area contributed by atoms with E-state index in [0.29, 0.717) is 11.3 Å². The standard InChI is InChI=1S/C17H16N2O2S2/c20-16(14-8-10-4-1-2-6-12(10)22-14)18-19-17(21)15-9-11-5-3-7-13(11)23-15/h1-2,4,6,9,14H,3,5,7-8H2,(H,18,20)(H,19,21). The van der Waals surface area contributed by atoms with Gasteiger partial charge < -0.3 is 0 Å². The average Bonchev–Trinajstić information content (AvgIpc) is 3.24. The van der Waals surface area contributed by atoms with Crippen LogP contribution < -0.4 is 10.9 Å². The second-order valence-corrected chi connectivity index (χ2v) is 8.16. The van der Waals surface area contributed by atoms with Gasteiger partial charge in [0.2, 0.25) is 0 Å². The first-order valence-electron chi connectivity index (χ1n) is 7.67. The Hall–Kier alpha value is -1.79. The minimum absolute atomic E-state index is 0.149. The maximum atomic E-state index is 12.2. The van der Waals surface area contributed by atoms with Crippen LogP contribution in [-0.4, -0.2) is 17.1 Å². The lowest BCUT2D eigenvalue weighted by Gasteiger charge is -2.10. The molecule has 0 fully saturated rings. The Kier molecular flexibility index (Phi) is 3.87. The molecule has 2 amide bonds. The van der Waals surface area contributed by atoms with Gasteiger partial charge in [0.15, 0.2) is 0 Å². The Morgan fingerprint density at radius 3 is 2.78 bits per heavy atom. The normalized spacial score (nSPS) is 18.3. The van der Waals surface area contributed by atoms with E-state index in [1.807, 2.05) is 30.3 Å². The first kappa shape index (κ1) is 14.8. The molecule has 2 aromatic rings. The fourth-order valence-electron chi connectivity index (χ4n) is 3.03. The predicted octanol–water partition coefficient (Wildman–Crippen LogP) is 2.71. The number of hydrogen-bond acceptors (Lipinski definition) is 4. The van der Waals surface area contributed by atoms with Gasteiger partial charge in [-0.15, -0.1) is 23.1 Å². The summed E-state index contributed by atoms with van der Waals surface area (Å²) in [5.74, 6) is -0.373. The number of nitrogens with one attached hydrogen (secondary N) is 2. The van der Waals surface area contributed by atoms with E-state index in [4.69, 9.17) is 0 Å². The van der Waals surface area contributed by atoms with Crippen molar-refractivity contribution in [2.45, 2.75) is 35.8 Å². The fraction of sp³-hybridized carbons (Fsp3) is 0.294. The van der Waals surface area contributed by atoms with Crippen LogP contribution in [0.3, 0.4) is 0 Å². The third kappa shape index (κ3) is 2.88. The number of thioether (sulfide) groups is 1. The molecule has 118 valence electrons. The Labute approximate surface area is 142 Å². The van der Waals surface area contributed by atoms with Crippen molar-refractivity contribution in [1.29, 1.82) is 0 Å². The largest absolute Gasteiger partial charge is 0.279 e. The van der Waals surface area contributed by atoms with Gasteiger partial charge in [0.25, 0.3) is 11.8 Å². The number of rotatable bonds is 2. The summed E-state index contributed by atoms with van der Waals surface area (Å²) in [6, 6.07) is 9.98. The minimum atomic E-state index is -0.224. The number of thiophene rings is 1. The molecular formula is C17H16N2O2S2. The molecule has 1 aliphatic carbocycles. The smallest absolute Gasteiger partial charge is 0.272 e. The van der Waals surface area contributed by atoms with Crippen LogP contribution in [0.1, 0.15) is 32.1 Å². The Morgan fingerprint density at radius 1 is 1.09 bits per heavy atom. The van der Waals surface area contributed by atoms with Crippen LogP contribution in [0.4, 0.5) is 0 Å². The van der Waals surface area contributed by atoms with Crippen molar-refractivity contribution in [2.24, 2.45) is 0 Å². The van der Waals surface area contributed by atoms with Gasteiger partial charge in [-0.2, -0.15) is 0 Å². The molecule has 23 heavy (non-hydrogen) atoms. The van der Waals surface area contributed by atoms with Gasteiger partial charge in [0.1, 0.15) is 0 Å². The number of fused-ring (bicyclic) bond motifs is 2. The van der Waals surface area contributed by atoms with Crippen LogP contribution in [-0.2, 0) is 24.1 Å². The first-order valence-corrected chi connectivity index (χ1v) is 9.36. The Balaban J connectivity index is 1.34. The molecule has 2 heterocycles. The van der Waals surface area contributed by atoms with Crippen molar-refractivity contribution in [3.63, 3.8) is 0 Å². The van der Waals surface area contributed by atoms with E-state index < -0.39 is 0 Å². The van der Waals surface area contributed by atoms with E-state index in [0.717, 1.165) is 17.7 Å². The van der Waals surface area contributed by atoms with Crippen molar-refractivity contribution in [1.82, 2.24) is 10.9 Å². The van der Waals surface area contributed by atoms with Gasteiger partial charge >= 0.3 is 0 Å². The molecule has 6 heteroatoms. The molecule has 1 aromatic heterocycles. The average molecular weight is 344 g/mol. The van der Waals surface area contributed by atoms with Crippen molar-refractivity contribution in [3.8, 4) is 0 Å². The van der Waals surface area contributed by atoms with Gasteiger partial charge in [0.05, 0.1) is 10.1 Å². The lowest BCUT2D eigenvalue weighted by molar-refractivity contribution is -0.121. The maximum absolute atomic E-state index is 12.2. The van der Waals surface area contributed by atoms with Gasteiger partial charge in [0, 0.05) is 9.77 Å². The summed E-state index contributed by atoms with van der Waals surface area (Å²) in [7, 11) is 0. The Morgan fingerprint density at radius 2 is 1.96 bits per heavy atom. The molecule has 1 aliphatic heterocycles. The number of hydrazine groups is 1. The minimum Gasteiger partial charge on any atom is -0.272 e. The molecule has 2 N–H and O–H groups in total. The van der Waals surface area contributed by atoms with E-state index in [9.17, 15) is 9.59 Å². The molecule has 2 aliphatic rings. The summed E-state index contributed by atoms with van der Waals surface area (Å²) < 4.78 is 0. The van der Waals surface area contributed by atoms with Crippen molar-refractivity contribution in [2.75, 3.05) is 0 Å². The number of amides is 2. The summed E-state index contributed by atoms with van der Waals surface area (Å²) >= 11 is 3.09. The topological polar surface area (TPSA) is 58.2 Å². The SMILES string of the molecule is O=C(NNC(=O)C1Cc2ccccc2S1)c1cc2c(s1)CCC2. The Bertz CT molecular complexity index is 738. The lowest BCUT2D eigenvalue weighted by atomic mass is 10.1. The van der Waals surface area contributed by atoms with Crippen LogP contribution in [0, 0.1) is 0 Å². The second kappa shape index (κ2) is 6.02. The number of benzene rings is 1. The van der Waals surface area contributed by atoms with Crippen LogP contribution in [0.25, 0.3) is 0 Å². The van der Waals surface area contributed by atoms with Crippen molar-refractivity contribution >= 4 is 34.9 Å². The number of carbonyl (C=O) groups is 2. The van der Waals surface area contributed by atoms with Crippen molar-refractivity contribution < 1.29 is 9.59 Å². The van der Waals surface area contributed by atoms with Crippen LogP contribution in [0.5, 0.6) is 0 Å². The van der Waals surface area contributed by atoms with Crippen LogP contribution in [0.2, 0.25) is 0 Å². The zero-order valence-electron chi connectivity index (χ0n) is 12.4. The van der Waals surface area contributed by atoms with E-state index in [1.54, 1.807) is 11.8 Å². The molecule has 1 unspecified atom stereocenters. The summed E-state index contributed by atoms with van der Waals surface area (Å²) in [6.07, 6.45) is 4.01. The molecule has 1 atom stereocenters. The lowest BCUT2D eigenvalue weighted by Crippen LogP contribution is -2.45. The predicted molar refractivity (Wildman–Crippen MR) is 91.7 cm³/mol. The summed E-state index contributed by atoms with van der Waals surface area (Å²) in [5, 5.41) is -0.180. The molecule has 0 saturated heterocycles. The van der Waals surface area contributed by atoms with E-state index in [-0.39, 0.29) is 17.1 Å². The first-order chi connectivity index (χ1) is 11.2. The third-order valence-corrected chi connectivity index (χ3v) is 6.76. The third-order valence-electron chi connectivity index (χ3n) is 4.21. The van der Waals surface area contributed by atoms with Crippen LogP contribution >= 0.6 is 23.1 Å². The highest BCUT2D eigenvalue weighted by atomic mass is 32.2. The zero-order chi connectivity index (χ0) is 15.8. The quantitative estimate of drug-likeness (QED) is 0.824. The summed E-state index contributed by atoms with van der Waals surface area (Å²) in [5.41, 5.74) is 7.60. The van der Waals surface area contributed by atoms with Gasteiger partial charge in [-0.25, -0.2) is 0 Å². The molecule has 0 radical (unpaired) electrons. The maximum Gasteiger partial charge on any atom is 0.279 e. The molecule has 0 saturated carbocycles. The molecular weight excluding hydrogens is 328 g/mol. The molecule has 1 aromatic carbocycles. The number of hydrogen-bond donors (Lipinski definition) is 2. The summed E-state index contributed by atoms with van der Waals surface area (Å²) in [6.45, 7) is 0. The van der Waals surface area contributed by atoms with Gasteiger partial charge in [-0.05, 0) is 48.9 Å². The molecule has 4 nitrogen and oxygen atoms in total. The van der Waals surface area contributed by atoms with Gasteiger partial charge in [-0.3, -0.25) is 20.4 Å². The van der Waals surface area contributed by atoms with E-state index in [1.165, 1.54) is 33.8 Å². The van der Waals surface area contributed by atoms with Gasteiger partial charge in [-0.1, -0.05) is 18.2 Å². The monoisotopic (exact) mass is 344 g/mol. The molecule has 0 bridgehead atoms. The van der Waals surface area contributed by atoms with E-state index >= 15 is 0 Å².